The summed E-state index contributed by atoms with van der Waals surface area (Å²) in [5.41, 5.74) is 1.82. The summed E-state index contributed by atoms with van der Waals surface area (Å²) >= 11 is 5.60. The molecule has 1 aliphatic heterocycles. The van der Waals surface area contributed by atoms with Crippen LogP contribution in [0.15, 0.2) is 35.6 Å². The van der Waals surface area contributed by atoms with Gasteiger partial charge < -0.3 is 5.73 Å². The van der Waals surface area contributed by atoms with Gasteiger partial charge in [0.1, 0.15) is 27.2 Å². The van der Waals surface area contributed by atoms with Gasteiger partial charge in [0.15, 0.2) is 11.4 Å². The van der Waals surface area contributed by atoms with Crippen molar-refractivity contribution in [2.24, 2.45) is 10.7 Å². The fourth-order valence-electron chi connectivity index (χ4n) is 3.04. The number of nitrogens with zero attached hydrogens (tertiary/aromatic N) is 3. The molecule has 0 saturated carbocycles. The third-order valence-corrected chi connectivity index (χ3v) is 8.03. The fraction of sp³-hybridized carbons (Fsp3) is 0.316. The molecule has 2 heterocycles. The van der Waals surface area contributed by atoms with Crippen LogP contribution >= 0.6 is 11.6 Å². The van der Waals surface area contributed by atoms with Crippen LogP contribution in [0.3, 0.4) is 0 Å². The average molecular weight is 477 g/mol. The zero-order chi connectivity index (χ0) is 23.4. The first-order valence-electron chi connectivity index (χ1n) is 8.78. The van der Waals surface area contributed by atoms with E-state index in [9.17, 15) is 17.2 Å². The van der Waals surface area contributed by atoms with E-state index in [1.165, 1.54) is 0 Å². The van der Waals surface area contributed by atoms with Crippen molar-refractivity contribution < 1.29 is 26.0 Å². The van der Waals surface area contributed by atoms with Crippen LogP contribution in [0.5, 0.6) is 0 Å². The standard InChI is InChI=1S/C19H17ClF4N4O2S/c1-17(2)16(25)28-18(3,19(23,24)31(17,29)30)11-6-10(4-5-12(11)21)7-13(22)14-8-27-15(20)9-26-14/h4-9H,1-3H3,(H2,25,28). The van der Waals surface area contributed by atoms with Crippen molar-refractivity contribution in [2.75, 3.05) is 0 Å². The summed E-state index contributed by atoms with van der Waals surface area (Å²) in [6, 6.07) is 2.82. The molecule has 0 saturated heterocycles. The number of halogens is 5. The summed E-state index contributed by atoms with van der Waals surface area (Å²) in [7, 11) is -5.22. The Hall–Kier alpha value is -2.53. The van der Waals surface area contributed by atoms with E-state index in [2.05, 4.69) is 15.0 Å². The van der Waals surface area contributed by atoms with Crippen LogP contribution in [0.4, 0.5) is 17.6 Å². The molecule has 0 radical (unpaired) electrons. The molecule has 1 unspecified atom stereocenters. The van der Waals surface area contributed by atoms with Crippen LogP contribution in [0.2, 0.25) is 5.15 Å². The number of nitrogens with two attached hydrogens (primary N) is 1. The number of benzene rings is 1. The smallest absolute Gasteiger partial charge is 0.374 e. The minimum Gasteiger partial charge on any atom is -0.386 e. The van der Waals surface area contributed by atoms with Crippen LogP contribution < -0.4 is 5.73 Å². The number of amidine groups is 1. The SMILES string of the molecule is CC1(c2cc(C=C(F)c3cnc(Cl)cn3)ccc2F)N=C(N)C(C)(C)S(=O)(=O)C1(F)F. The number of aliphatic imine (C=N–C) groups is 1. The number of hydrogen-bond acceptors (Lipinski definition) is 6. The fourth-order valence-corrected chi connectivity index (χ4v) is 4.78. The molecule has 1 aliphatic rings. The predicted octanol–water partition coefficient (Wildman–Crippen LogP) is 4.11. The highest BCUT2D eigenvalue weighted by Crippen LogP contribution is 2.52. The van der Waals surface area contributed by atoms with Crippen LogP contribution in [-0.2, 0) is 15.4 Å². The molecule has 2 aromatic rings. The molecule has 166 valence electrons. The molecule has 0 bridgehead atoms. The zero-order valence-electron chi connectivity index (χ0n) is 16.5. The summed E-state index contributed by atoms with van der Waals surface area (Å²) in [6.07, 6.45) is 3.06. The van der Waals surface area contributed by atoms with Crippen molar-refractivity contribution >= 4 is 39.2 Å². The van der Waals surface area contributed by atoms with E-state index in [0.717, 1.165) is 57.4 Å². The number of aromatic nitrogens is 2. The second kappa shape index (κ2) is 7.27. The third-order valence-electron chi connectivity index (χ3n) is 5.21. The van der Waals surface area contributed by atoms with E-state index in [1.54, 1.807) is 0 Å². The molecule has 0 fully saturated rings. The molecule has 0 spiro atoms. The van der Waals surface area contributed by atoms with Gasteiger partial charge in [0, 0.05) is 5.56 Å². The number of hydrogen-bond donors (Lipinski definition) is 1. The minimum atomic E-state index is -5.22. The second-order valence-corrected chi connectivity index (χ2v) is 10.5. The summed E-state index contributed by atoms with van der Waals surface area (Å²) in [6.45, 7) is 2.75. The van der Waals surface area contributed by atoms with Crippen molar-refractivity contribution in [3.63, 3.8) is 0 Å². The molecule has 1 atom stereocenters. The van der Waals surface area contributed by atoms with Crippen molar-refractivity contribution in [1.82, 2.24) is 9.97 Å². The maximum absolute atomic E-state index is 15.2. The van der Waals surface area contributed by atoms with Gasteiger partial charge in [-0.3, -0.25) is 4.99 Å². The van der Waals surface area contributed by atoms with Crippen molar-refractivity contribution in [1.29, 1.82) is 0 Å². The molecule has 2 N–H and O–H groups in total. The molecule has 3 rings (SSSR count). The lowest BCUT2D eigenvalue weighted by atomic mass is 9.89. The normalized spacial score (nSPS) is 24.5. The maximum Gasteiger partial charge on any atom is 0.374 e. The van der Waals surface area contributed by atoms with Gasteiger partial charge in [0.05, 0.1) is 12.4 Å². The number of alkyl halides is 2. The topological polar surface area (TPSA) is 98.3 Å². The molecule has 0 aliphatic carbocycles. The molecule has 12 heteroatoms. The lowest BCUT2D eigenvalue weighted by Crippen LogP contribution is -2.63. The monoisotopic (exact) mass is 476 g/mol. The maximum atomic E-state index is 15.2. The van der Waals surface area contributed by atoms with Gasteiger partial charge in [-0.2, -0.15) is 8.78 Å². The van der Waals surface area contributed by atoms with Crippen LogP contribution in [0.1, 0.15) is 37.6 Å². The largest absolute Gasteiger partial charge is 0.386 e. The van der Waals surface area contributed by atoms with E-state index in [4.69, 9.17) is 17.3 Å². The van der Waals surface area contributed by atoms with Gasteiger partial charge in [-0.1, -0.05) is 17.7 Å². The Morgan fingerprint density at radius 3 is 2.39 bits per heavy atom. The molecule has 6 nitrogen and oxygen atoms in total. The van der Waals surface area contributed by atoms with Gasteiger partial charge in [0.25, 0.3) is 0 Å². The van der Waals surface area contributed by atoms with Gasteiger partial charge >= 0.3 is 5.25 Å². The average Bonchev–Trinajstić information content (AvgIpc) is 2.68. The summed E-state index contributed by atoms with van der Waals surface area (Å²) in [5, 5.41) is -4.47. The minimum absolute atomic E-state index is 0.0349. The Kier molecular flexibility index (Phi) is 5.42. The van der Waals surface area contributed by atoms with Crippen LogP contribution in [-0.4, -0.2) is 34.2 Å². The van der Waals surface area contributed by atoms with Gasteiger partial charge in [-0.15, -0.1) is 0 Å². The van der Waals surface area contributed by atoms with Crippen LogP contribution in [0, 0.1) is 5.82 Å². The van der Waals surface area contributed by atoms with Gasteiger partial charge in [0.2, 0.25) is 9.84 Å². The molecular weight excluding hydrogens is 460 g/mol. The van der Waals surface area contributed by atoms with Crippen molar-refractivity contribution in [3.05, 3.63) is 58.4 Å². The highest BCUT2D eigenvalue weighted by atomic mass is 35.5. The summed E-state index contributed by atoms with van der Waals surface area (Å²) in [4.78, 5) is 11.1. The van der Waals surface area contributed by atoms with Crippen LogP contribution in [0.25, 0.3) is 11.9 Å². The molecule has 1 aromatic heterocycles. The van der Waals surface area contributed by atoms with Crippen molar-refractivity contribution in [3.8, 4) is 0 Å². The molecule has 1 aromatic carbocycles. The zero-order valence-corrected chi connectivity index (χ0v) is 18.1. The van der Waals surface area contributed by atoms with Crippen molar-refractivity contribution in [2.45, 2.75) is 36.3 Å². The number of sulfone groups is 1. The van der Waals surface area contributed by atoms with E-state index in [-0.39, 0.29) is 16.4 Å². The Labute approximate surface area is 180 Å². The lowest BCUT2D eigenvalue weighted by Gasteiger charge is -2.43. The highest BCUT2D eigenvalue weighted by Gasteiger charge is 2.70. The molecule has 31 heavy (non-hydrogen) atoms. The second-order valence-electron chi connectivity index (χ2n) is 7.56. The first kappa shape index (κ1) is 23.1. The van der Waals surface area contributed by atoms with E-state index in [0.29, 0.717) is 0 Å². The Balaban J connectivity index is 2.19. The Morgan fingerprint density at radius 2 is 1.81 bits per heavy atom. The Bertz CT molecular complexity index is 1210. The lowest BCUT2D eigenvalue weighted by molar-refractivity contribution is 0.00753. The number of rotatable bonds is 3. The first-order chi connectivity index (χ1) is 14.1. The van der Waals surface area contributed by atoms with E-state index in [1.807, 2.05) is 0 Å². The van der Waals surface area contributed by atoms with Gasteiger partial charge in [-0.25, -0.2) is 27.2 Å². The van der Waals surface area contributed by atoms with E-state index >= 15 is 8.78 Å². The quantitative estimate of drug-likeness (QED) is 0.672. The third kappa shape index (κ3) is 3.39. The summed E-state index contributed by atoms with van der Waals surface area (Å²) < 4.78 is 82.6. The first-order valence-corrected chi connectivity index (χ1v) is 10.6. The Morgan fingerprint density at radius 1 is 1.16 bits per heavy atom. The molecular formula is C19H17ClF4N4O2S. The van der Waals surface area contributed by atoms with E-state index < -0.39 is 48.4 Å². The van der Waals surface area contributed by atoms with Gasteiger partial charge in [-0.05, 0) is 44.5 Å². The molecule has 0 amide bonds. The highest BCUT2D eigenvalue weighted by molar-refractivity contribution is 7.94. The predicted molar refractivity (Wildman–Crippen MR) is 109 cm³/mol. The summed E-state index contributed by atoms with van der Waals surface area (Å²) in [5.74, 6) is -2.65.